The van der Waals surface area contributed by atoms with Gasteiger partial charge >= 0.3 is 0 Å². The lowest BCUT2D eigenvalue weighted by molar-refractivity contribution is -0.116. The molecule has 1 heterocycles. The van der Waals surface area contributed by atoms with Crippen molar-refractivity contribution < 1.29 is 9.59 Å². The maximum atomic E-state index is 12.2. The second-order valence-electron chi connectivity index (χ2n) is 4.99. The standard InChI is InChI=1S/C16H15N3O2/c17-15(20)10-5-7-12(8-6-10)18-16(21)14-9-11-3-1-2-4-13(11)19-14/h1-8,14,19H,9H2,(H2,17,20)(H,18,21). The minimum absolute atomic E-state index is 0.0991. The molecule has 1 unspecified atom stereocenters. The minimum atomic E-state index is -0.485. The number of para-hydroxylation sites is 1. The number of carbonyl (C=O) groups is 2. The quantitative estimate of drug-likeness (QED) is 0.801. The van der Waals surface area contributed by atoms with Crippen LogP contribution in [0, 0.1) is 0 Å². The Bertz CT molecular complexity index is 670. The molecule has 4 N–H and O–H groups in total. The van der Waals surface area contributed by atoms with E-state index in [1.165, 1.54) is 0 Å². The minimum Gasteiger partial charge on any atom is -0.373 e. The highest BCUT2D eigenvalue weighted by Gasteiger charge is 2.26. The van der Waals surface area contributed by atoms with Crippen molar-refractivity contribution >= 4 is 23.2 Å². The summed E-state index contributed by atoms with van der Waals surface area (Å²) in [5.41, 5.74) is 8.38. The zero-order valence-corrected chi connectivity index (χ0v) is 11.3. The van der Waals surface area contributed by atoms with Crippen molar-refractivity contribution in [2.24, 2.45) is 5.73 Å². The lowest BCUT2D eigenvalue weighted by Crippen LogP contribution is -2.32. The first-order valence-corrected chi connectivity index (χ1v) is 6.68. The second-order valence-corrected chi connectivity index (χ2v) is 4.99. The number of benzene rings is 2. The third kappa shape index (κ3) is 2.72. The van der Waals surface area contributed by atoms with Gasteiger partial charge in [-0.2, -0.15) is 0 Å². The molecule has 0 aliphatic carbocycles. The predicted octanol–water partition coefficient (Wildman–Crippen LogP) is 1.76. The summed E-state index contributed by atoms with van der Waals surface area (Å²) in [6.07, 6.45) is 0.668. The SMILES string of the molecule is NC(=O)c1ccc(NC(=O)C2Cc3ccccc3N2)cc1. The molecule has 2 aromatic rings. The van der Waals surface area contributed by atoms with Crippen LogP contribution in [-0.2, 0) is 11.2 Å². The number of nitrogens with one attached hydrogen (secondary N) is 2. The maximum absolute atomic E-state index is 12.2. The van der Waals surface area contributed by atoms with Gasteiger partial charge in [-0.15, -0.1) is 0 Å². The molecule has 0 aromatic heterocycles. The van der Waals surface area contributed by atoms with Crippen molar-refractivity contribution in [3.63, 3.8) is 0 Å². The van der Waals surface area contributed by atoms with Gasteiger partial charge < -0.3 is 16.4 Å². The molecule has 0 radical (unpaired) electrons. The van der Waals surface area contributed by atoms with Gasteiger partial charge in [0.1, 0.15) is 6.04 Å². The number of anilines is 2. The Morgan fingerprint density at radius 3 is 2.48 bits per heavy atom. The second kappa shape index (κ2) is 5.28. The van der Waals surface area contributed by atoms with E-state index in [4.69, 9.17) is 5.73 Å². The van der Waals surface area contributed by atoms with E-state index in [9.17, 15) is 9.59 Å². The van der Waals surface area contributed by atoms with Crippen LogP contribution in [0.4, 0.5) is 11.4 Å². The van der Waals surface area contributed by atoms with Crippen molar-refractivity contribution in [3.8, 4) is 0 Å². The van der Waals surface area contributed by atoms with Crippen LogP contribution in [0.2, 0.25) is 0 Å². The van der Waals surface area contributed by atoms with Crippen LogP contribution in [0.1, 0.15) is 15.9 Å². The molecule has 0 fully saturated rings. The van der Waals surface area contributed by atoms with Crippen LogP contribution in [-0.4, -0.2) is 17.9 Å². The van der Waals surface area contributed by atoms with E-state index in [1.54, 1.807) is 24.3 Å². The number of rotatable bonds is 3. The van der Waals surface area contributed by atoms with Crippen molar-refractivity contribution in [1.29, 1.82) is 0 Å². The molecular weight excluding hydrogens is 266 g/mol. The number of hydrogen-bond donors (Lipinski definition) is 3. The molecule has 2 amide bonds. The number of nitrogens with two attached hydrogens (primary N) is 1. The molecule has 1 aliphatic heterocycles. The summed E-state index contributed by atoms with van der Waals surface area (Å²) in [6, 6.07) is 14.1. The number of primary amides is 1. The first-order valence-electron chi connectivity index (χ1n) is 6.68. The van der Waals surface area contributed by atoms with Crippen LogP contribution >= 0.6 is 0 Å². The summed E-state index contributed by atoms with van der Waals surface area (Å²) in [5.74, 6) is -0.584. The molecule has 0 bridgehead atoms. The van der Waals surface area contributed by atoms with E-state index in [-0.39, 0.29) is 11.9 Å². The molecule has 1 aliphatic rings. The van der Waals surface area contributed by atoms with Crippen LogP contribution in [0.25, 0.3) is 0 Å². The predicted molar refractivity (Wildman–Crippen MR) is 81.1 cm³/mol. The van der Waals surface area contributed by atoms with Gasteiger partial charge in [0, 0.05) is 23.4 Å². The highest BCUT2D eigenvalue weighted by atomic mass is 16.2. The first kappa shape index (κ1) is 13.2. The number of amides is 2. The molecule has 3 rings (SSSR count). The van der Waals surface area contributed by atoms with E-state index in [0.717, 1.165) is 11.3 Å². The van der Waals surface area contributed by atoms with Crippen LogP contribution in [0.15, 0.2) is 48.5 Å². The average Bonchev–Trinajstić information content (AvgIpc) is 2.92. The van der Waals surface area contributed by atoms with E-state index >= 15 is 0 Å². The molecule has 0 spiro atoms. The fourth-order valence-corrected chi connectivity index (χ4v) is 2.40. The van der Waals surface area contributed by atoms with Gasteiger partial charge in [-0.1, -0.05) is 18.2 Å². The summed E-state index contributed by atoms with van der Waals surface area (Å²) < 4.78 is 0. The lowest BCUT2D eigenvalue weighted by atomic mass is 10.1. The third-order valence-corrected chi connectivity index (χ3v) is 3.52. The zero-order chi connectivity index (χ0) is 14.8. The van der Waals surface area contributed by atoms with Gasteiger partial charge in [-0.3, -0.25) is 9.59 Å². The van der Waals surface area contributed by atoms with Gasteiger partial charge in [0.05, 0.1) is 0 Å². The molecule has 5 heteroatoms. The number of fused-ring (bicyclic) bond motifs is 1. The van der Waals surface area contributed by atoms with E-state index in [1.807, 2.05) is 24.3 Å². The van der Waals surface area contributed by atoms with Gasteiger partial charge in [0.25, 0.3) is 0 Å². The molecule has 1 atom stereocenters. The van der Waals surface area contributed by atoms with E-state index in [0.29, 0.717) is 17.7 Å². The fourth-order valence-electron chi connectivity index (χ4n) is 2.40. The Morgan fingerprint density at radius 2 is 1.81 bits per heavy atom. The van der Waals surface area contributed by atoms with E-state index < -0.39 is 5.91 Å². The summed E-state index contributed by atoms with van der Waals surface area (Å²) in [6.45, 7) is 0. The topological polar surface area (TPSA) is 84.2 Å². The van der Waals surface area contributed by atoms with Crippen molar-refractivity contribution in [2.45, 2.75) is 12.5 Å². The zero-order valence-electron chi connectivity index (χ0n) is 11.3. The Kier molecular flexibility index (Phi) is 3.31. The van der Waals surface area contributed by atoms with Crippen molar-refractivity contribution in [3.05, 3.63) is 59.7 Å². The monoisotopic (exact) mass is 281 g/mol. The van der Waals surface area contributed by atoms with Crippen molar-refractivity contribution in [2.75, 3.05) is 10.6 Å². The summed E-state index contributed by atoms with van der Waals surface area (Å²) in [5, 5.41) is 6.03. The third-order valence-electron chi connectivity index (χ3n) is 3.52. The van der Waals surface area contributed by atoms with Crippen LogP contribution in [0.5, 0.6) is 0 Å². The maximum Gasteiger partial charge on any atom is 0.248 e. The van der Waals surface area contributed by atoms with E-state index in [2.05, 4.69) is 10.6 Å². The highest BCUT2D eigenvalue weighted by Crippen LogP contribution is 2.25. The Morgan fingerprint density at radius 1 is 1.10 bits per heavy atom. The Balaban J connectivity index is 1.66. The summed E-state index contributed by atoms with van der Waals surface area (Å²) >= 11 is 0. The fraction of sp³-hybridized carbons (Fsp3) is 0.125. The number of hydrogen-bond acceptors (Lipinski definition) is 3. The van der Waals surface area contributed by atoms with Crippen LogP contribution < -0.4 is 16.4 Å². The molecule has 0 saturated carbocycles. The molecule has 0 saturated heterocycles. The molecule has 2 aromatic carbocycles. The number of carbonyl (C=O) groups excluding carboxylic acids is 2. The average molecular weight is 281 g/mol. The van der Waals surface area contributed by atoms with Gasteiger partial charge in [-0.05, 0) is 35.9 Å². The Labute approximate surface area is 122 Å². The Hall–Kier alpha value is -2.82. The van der Waals surface area contributed by atoms with Crippen molar-refractivity contribution in [1.82, 2.24) is 0 Å². The van der Waals surface area contributed by atoms with Gasteiger partial charge in [-0.25, -0.2) is 0 Å². The molecule has 106 valence electrons. The summed E-state index contributed by atoms with van der Waals surface area (Å²) in [4.78, 5) is 23.2. The lowest BCUT2D eigenvalue weighted by Gasteiger charge is -2.12. The van der Waals surface area contributed by atoms with Crippen LogP contribution in [0.3, 0.4) is 0 Å². The molecule has 21 heavy (non-hydrogen) atoms. The van der Waals surface area contributed by atoms with Gasteiger partial charge in [0.15, 0.2) is 0 Å². The van der Waals surface area contributed by atoms with Gasteiger partial charge in [0.2, 0.25) is 11.8 Å². The molecule has 5 nitrogen and oxygen atoms in total. The first-order chi connectivity index (χ1) is 10.1. The largest absolute Gasteiger partial charge is 0.373 e. The highest BCUT2D eigenvalue weighted by molar-refractivity contribution is 5.99. The molecular formula is C16H15N3O2. The smallest absolute Gasteiger partial charge is 0.248 e. The summed E-state index contributed by atoms with van der Waals surface area (Å²) in [7, 11) is 0. The normalized spacial score (nSPS) is 15.9.